The van der Waals surface area contributed by atoms with E-state index in [1.54, 1.807) is 0 Å². The van der Waals surface area contributed by atoms with Gasteiger partial charge in [-0.1, -0.05) is 35.9 Å². The third-order valence-corrected chi connectivity index (χ3v) is 4.03. The smallest absolute Gasteiger partial charge is 0.00419 e. The maximum Gasteiger partial charge on any atom is 0.00419 e. The van der Waals surface area contributed by atoms with Gasteiger partial charge in [0, 0.05) is 10.5 Å². The Morgan fingerprint density at radius 2 is 2.09 bits per heavy atom. The molecule has 2 N–H and O–H groups in total. The van der Waals surface area contributed by atoms with Crippen molar-refractivity contribution in [2.24, 2.45) is 17.6 Å². The van der Waals surface area contributed by atoms with Gasteiger partial charge < -0.3 is 5.73 Å². The van der Waals surface area contributed by atoms with E-state index in [-0.39, 0.29) is 0 Å². The molecule has 0 saturated heterocycles. The summed E-state index contributed by atoms with van der Waals surface area (Å²) in [5.41, 5.74) is 5.91. The second-order valence-electron chi connectivity index (χ2n) is 3.66. The van der Waals surface area contributed by atoms with Crippen molar-refractivity contribution in [3.8, 4) is 0 Å². The van der Waals surface area contributed by atoms with Gasteiger partial charge in [-0.15, -0.1) is 0 Å². The molecule has 11 heavy (non-hydrogen) atoms. The molecule has 0 aromatic carbocycles. The third kappa shape index (κ3) is 2.58. The first kappa shape index (κ1) is 9.78. The summed E-state index contributed by atoms with van der Waals surface area (Å²) in [6.45, 7) is 2.31. The highest BCUT2D eigenvalue weighted by atomic mass is 127. The number of hydrogen-bond donors (Lipinski definition) is 1. The fraction of sp³-hybridized carbons (Fsp3) is 1.00. The number of rotatable bonds is 2. The van der Waals surface area contributed by atoms with Crippen molar-refractivity contribution in [2.45, 2.75) is 38.6 Å². The van der Waals surface area contributed by atoms with Crippen LogP contribution in [0.25, 0.3) is 0 Å². The first-order valence-electron chi connectivity index (χ1n) is 4.59. The van der Waals surface area contributed by atoms with E-state index in [0.717, 1.165) is 11.8 Å². The molecule has 0 aliphatic heterocycles. The summed E-state index contributed by atoms with van der Waals surface area (Å²) in [5.74, 6) is 1.87. The minimum atomic E-state index is 0.498. The molecule has 1 aliphatic rings. The van der Waals surface area contributed by atoms with E-state index in [9.17, 15) is 0 Å². The van der Waals surface area contributed by atoms with Crippen molar-refractivity contribution in [3.05, 3.63) is 0 Å². The SMILES string of the molecule is CCC1CCC(N)CC1CI. The van der Waals surface area contributed by atoms with Crippen molar-refractivity contribution >= 4 is 22.6 Å². The highest BCUT2D eigenvalue weighted by molar-refractivity contribution is 14.1. The molecule has 0 heterocycles. The molecule has 0 bridgehead atoms. The van der Waals surface area contributed by atoms with Gasteiger partial charge in [0.25, 0.3) is 0 Å². The number of alkyl halides is 1. The second kappa shape index (κ2) is 4.65. The molecule has 3 atom stereocenters. The standard InChI is InChI=1S/C9H18IN/c1-2-7-3-4-9(11)5-8(7)6-10/h7-9H,2-6,11H2,1H3. The molecule has 1 saturated carbocycles. The Hall–Kier alpha value is 0.690. The van der Waals surface area contributed by atoms with Gasteiger partial charge in [0.05, 0.1) is 0 Å². The second-order valence-corrected chi connectivity index (χ2v) is 4.54. The Bertz CT molecular complexity index is 116. The zero-order valence-corrected chi connectivity index (χ0v) is 9.38. The minimum absolute atomic E-state index is 0.498. The first-order valence-corrected chi connectivity index (χ1v) is 6.12. The van der Waals surface area contributed by atoms with E-state index in [2.05, 4.69) is 29.5 Å². The summed E-state index contributed by atoms with van der Waals surface area (Å²) in [7, 11) is 0. The molecule has 0 aromatic rings. The zero-order chi connectivity index (χ0) is 8.27. The Morgan fingerprint density at radius 1 is 1.36 bits per heavy atom. The van der Waals surface area contributed by atoms with E-state index in [1.807, 2.05) is 0 Å². The van der Waals surface area contributed by atoms with Gasteiger partial charge in [-0.25, -0.2) is 0 Å². The lowest BCUT2D eigenvalue weighted by Gasteiger charge is -2.33. The van der Waals surface area contributed by atoms with Crippen LogP contribution in [0, 0.1) is 11.8 Å². The fourth-order valence-corrected chi connectivity index (χ4v) is 3.17. The minimum Gasteiger partial charge on any atom is -0.328 e. The van der Waals surface area contributed by atoms with Crippen LogP contribution in [0.15, 0.2) is 0 Å². The maximum atomic E-state index is 5.91. The molecular weight excluding hydrogens is 249 g/mol. The Kier molecular flexibility index (Phi) is 4.13. The largest absolute Gasteiger partial charge is 0.328 e. The molecule has 0 spiro atoms. The zero-order valence-electron chi connectivity index (χ0n) is 7.22. The van der Waals surface area contributed by atoms with Gasteiger partial charge in [-0.3, -0.25) is 0 Å². The van der Waals surface area contributed by atoms with Crippen molar-refractivity contribution in [3.63, 3.8) is 0 Å². The van der Waals surface area contributed by atoms with Gasteiger partial charge >= 0.3 is 0 Å². The summed E-state index contributed by atoms with van der Waals surface area (Å²) in [6, 6.07) is 0.498. The van der Waals surface area contributed by atoms with Crippen LogP contribution >= 0.6 is 22.6 Å². The quantitative estimate of drug-likeness (QED) is 0.604. The molecule has 0 amide bonds. The average molecular weight is 267 g/mol. The van der Waals surface area contributed by atoms with Crippen LogP contribution in [0.5, 0.6) is 0 Å². The van der Waals surface area contributed by atoms with Crippen LogP contribution in [-0.2, 0) is 0 Å². The van der Waals surface area contributed by atoms with Crippen molar-refractivity contribution in [2.75, 3.05) is 4.43 Å². The predicted octanol–water partition coefficient (Wildman–Crippen LogP) is 2.58. The lowest BCUT2D eigenvalue weighted by atomic mass is 9.77. The molecule has 1 rings (SSSR count). The summed E-state index contributed by atoms with van der Waals surface area (Å²) in [4.78, 5) is 0. The number of nitrogens with two attached hydrogens (primary N) is 1. The van der Waals surface area contributed by atoms with Crippen LogP contribution in [0.2, 0.25) is 0 Å². The van der Waals surface area contributed by atoms with E-state index >= 15 is 0 Å². The van der Waals surface area contributed by atoms with Crippen LogP contribution < -0.4 is 5.73 Å². The third-order valence-electron chi connectivity index (χ3n) is 2.90. The normalized spacial score (nSPS) is 39.0. The molecule has 0 aromatic heterocycles. The van der Waals surface area contributed by atoms with Gasteiger partial charge in [-0.05, 0) is 31.1 Å². The lowest BCUT2D eigenvalue weighted by Crippen LogP contribution is -2.33. The molecule has 1 nitrogen and oxygen atoms in total. The molecule has 3 unspecified atom stereocenters. The van der Waals surface area contributed by atoms with Gasteiger partial charge in [0.2, 0.25) is 0 Å². The first-order chi connectivity index (χ1) is 5.27. The molecule has 2 heteroatoms. The lowest BCUT2D eigenvalue weighted by molar-refractivity contribution is 0.234. The molecule has 66 valence electrons. The monoisotopic (exact) mass is 267 g/mol. The van der Waals surface area contributed by atoms with E-state index in [0.29, 0.717) is 6.04 Å². The maximum absolute atomic E-state index is 5.91. The Morgan fingerprint density at radius 3 is 2.64 bits per heavy atom. The average Bonchev–Trinajstić information content (AvgIpc) is 2.04. The fourth-order valence-electron chi connectivity index (χ4n) is 2.09. The van der Waals surface area contributed by atoms with Gasteiger partial charge in [0.15, 0.2) is 0 Å². The molecule has 0 radical (unpaired) electrons. The summed E-state index contributed by atoms with van der Waals surface area (Å²) in [6.07, 6.45) is 5.23. The molecule has 1 aliphatic carbocycles. The van der Waals surface area contributed by atoms with Crippen LogP contribution in [-0.4, -0.2) is 10.5 Å². The van der Waals surface area contributed by atoms with Gasteiger partial charge in [-0.2, -0.15) is 0 Å². The highest BCUT2D eigenvalue weighted by Gasteiger charge is 2.26. The Labute approximate surface area is 83.3 Å². The van der Waals surface area contributed by atoms with Crippen LogP contribution in [0.4, 0.5) is 0 Å². The van der Waals surface area contributed by atoms with Crippen LogP contribution in [0.3, 0.4) is 0 Å². The summed E-state index contributed by atoms with van der Waals surface area (Å²) >= 11 is 2.50. The van der Waals surface area contributed by atoms with Crippen molar-refractivity contribution in [1.82, 2.24) is 0 Å². The number of hydrogen-bond acceptors (Lipinski definition) is 1. The highest BCUT2D eigenvalue weighted by Crippen LogP contribution is 2.32. The molecular formula is C9H18IN. The van der Waals surface area contributed by atoms with Crippen molar-refractivity contribution in [1.29, 1.82) is 0 Å². The topological polar surface area (TPSA) is 26.0 Å². The van der Waals surface area contributed by atoms with E-state index in [1.165, 1.54) is 30.1 Å². The Balaban J connectivity index is 2.41. The molecule has 1 fully saturated rings. The summed E-state index contributed by atoms with van der Waals surface area (Å²) in [5, 5.41) is 0. The number of halogens is 1. The van der Waals surface area contributed by atoms with Crippen LogP contribution in [0.1, 0.15) is 32.6 Å². The predicted molar refractivity (Wildman–Crippen MR) is 58.0 cm³/mol. The van der Waals surface area contributed by atoms with E-state index in [4.69, 9.17) is 5.73 Å². The van der Waals surface area contributed by atoms with E-state index < -0.39 is 0 Å². The van der Waals surface area contributed by atoms with Crippen molar-refractivity contribution < 1.29 is 0 Å². The van der Waals surface area contributed by atoms with Gasteiger partial charge in [0.1, 0.15) is 0 Å². The summed E-state index contributed by atoms with van der Waals surface area (Å²) < 4.78 is 1.30.